The third-order valence-electron chi connectivity index (χ3n) is 1.70. The molecule has 2 aromatic rings. The van der Waals surface area contributed by atoms with E-state index < -0.39 is 5.97 Å². The number of aromatic carboxylic acids is 1. The van der Waals surface area contributed by atoms with Gasteiger partial charge in [0.25, 0.3) is 0 Å². The van der Waals surface area contributed by atoms with Crippen molar-refractivity contribution in [2.45, 2.75) is 6.92 Å². The molecule has 0 aliphatic carbocycles. The van der Waals surface area contributed by atoms with E-state index in [9.17, 15) is 4.79 Å². The van der Waals surface area contributed by atoms with Gasteiger partial charge in [-0.15, -0.1) is 0 Å². The number of fused-ring (bicyclic) bond motifs is 1. The Kier molecular flexibility index (Phi) is 1.51. The van der Waals surface area contributed by atoms with Gasteiger partial charge >= 0.3 is 5.97 Å². The first-order valence-corrected chi connectivity index (χ1v) is 3.72. The summed E-state index contributed by atoms with van der Waals surface area (Å²) in [5.41, 5.74) is 1.14. The van der Waals surface area contributed by atoms with Crippen LogP contribution in [0.1, 0.15) is 16.2 Å². The van der Waals surface area contributed by atoms with Crippen LogP contribution in [0.3, 0.4) is 0 Å². The minimum atomic E-state index is -1.06. The van der Waals surface area contributed by atoms with Crippen molar-refractivity contribution in [2.24, 2.45) is 0 Å². The number of carboxylic acid groups (broad SMARTS) is 1. The molecule has 0 radical (unpaired) electrons. The van der Waals surface area contributed by atoms with Crippen LogP contribution in [0, 0.1) is 6.92 Å². The molecule has 0 spiro atoms. The molecule has 0 atom stereocenters. The molecule has 0 aliphatic rings. The Labute approximate surface area is 73.7 Å². The van der Waals surface area contributed by atoms with E-state index in [-0.39, 0.29) is 5.69 Å². The van der Waals surface area contributed by atoms with E-state index in [0.29, 0.717) is 5.65 Å². The van der Waals surface area contributed by atoms with E-state index in [2.05, 4.69) is 9.97 Å². The second kappa shape index (κ2) is 2.55. The molecule has 0 saturated heterocycles. The summed E-state index contributed by atoms with van der Waals surface area (Å²) < 4.78 is 1.64. The van der Waals surface area contributed by atoms with Gasteiger partial charge in [0.15, 0.2) is 11.3 Å². The minimum absolute atomic E-state index is 0.0180. The molecule has 2 rings (SSSR count). The van der Waals surface area contributed by atoms with E-state index in [4.69, 9.17) is 5.11 Å². The summed E-state index contributed by atoms with van der Waals surface area (Å²) in [5, 5.41) is 8.78. The first kappa shape index (κ1) is 7.72. The van der Waals surface area contributed by atoms with Gasteiger partial charge in [-0.25, -0.2) is 14.8 Å². The van der Waals surface area contributed by atoms with Gasteiger partial charge in [0.1, 0.15) is 0 Å². The topological polar surface area (TPSA) is 67.5 Å². The first-order chi connectivity index (χ1) is 6.18. The number of nitrogens with zero attached hydrogens (tertiary/aromatic N) is 3. The fourth-order valence-electron chi connectivity index (χ4n) is 1.19. The summed E-state index contributed by atoms with van der Waals surface area (Å²) in [6.45, 7) is 1.80. The maximum Gasteiger partial charge on any atom is 0.358 e. The van der Waals surface area contributed by atoms with Crippen LogP contribution in [0.4, 0.5) is 0 Å². The normalized spacial score (nSPS) is 10.5. The lowest BCUT2D eigenvalue weighted by atomic mass is 10.4. The third kappa shape index (κ3) is 1.14. The summed E-state index contributed by atoms with van der Waals surface area (Å²) in [7, 11) is 0. The second-order valence-corrected chi connectivity index (χ2v) is 2.69. The van der Waals surface area contributed by atoms with Crippen LogP contribution in [0.15, 0.2) is 18.6 Å². The summed E-state index contributed by atoms with van der Waals surface area (Å²) in [4.78, 5) is 18.5. The maximum atomic E-state index is 10.7. The van der Waals surface area contributed by atoms with Crippen LogP contribution >= 0.6 is 0 Å². The lowest BCUT2D eigenvalue weighted by Crippen LogP contribution is -2.03. The molecule has 2 aromatic heterocycles. The predicted octanol–water partition coefficient (Wildman–Crippen LogP) is 0.736. The van der Waals surface area contributed by atoms with Gasteiger partial charge in [0.05, 0.1) is 5.69 Å². The monoisotopic (exact) mass is 177 g/mol. The summed E-state index contributed by atoms with van der Waals surface area (Å²) in [6, 6.07) is 0. The number of aryl methyl sites for hydroxylation is 1. The average Bonchev–Trinajstić information content (AvgIpc) is 2.43. The average molecular weight is 177 g/mol. The minimum Gasteiger partial charge on any atom is -0.476 e. The van der Waals surface area contributed by atoms with Gasteiger partial charge in [-0.05, 0) is 6.92 Å². The van der Waals surface area contributed by atoms with Gasteiger partial charge in [0.2, 0.25) is 0 Å². The summed E-state index contributed by atoms with van der Waals surface area (Å²) in [6.07, 6.45) is 4.86. The Bertz CT molecular complexity index is 475. The number of imidazole rings is 1. The Hall–Kier alpha value is -1.91. The lowest BCUT2D eigenvalue weighted by molar-refractivity contribution is 0.0692. The van der Waals surface area contributed by atoms with Crippen molar-refractivity contribution >= 4 is 11.6 Å². The Balaban J connectivity index is 2.82. The zero-order valence-corrected chi connectivity index (χ0v) is 6.93. The Morgan fingerprint density at radius 1 is 1.62 bits per heavy atom. The molecule has 0 bridgehead atoms. The number of hydrogen-bond donors (Lipinski definition) is 1. The van der Waals surface area contributed by atoms with Gasteiger partial charge in [-0.1, -0.05) is 0 Å². The van der Waals surface area contributed by atoms with E-state index >= 15 is 0 Å². The molecule has 13 heavy (non-hydrogen) atoms. The molecule has 1 N–H and O–H groups in total. The van der Waals surface area contributed by atoms with Crippen molar-refractivity contribution in [3.8, 4) is 0 Å². The Morgan fingerprint density at radius 2 is 2.38 bits per heavy atom. The third-order valence-corrected chi connectivity index (χ3v) is 1.70. The highest BCUT2D eigenvalue weighted by atomic mass is 16.4. The van der Waals surface area contributed by atoms with E-state index in [1.165, 1.54) is 6.20 Å². The number of aromatic nitrogens is 3. The maximum absolute atomic E-state index is 10.7. The molecule has 0 saturated carbocycles. The number of hydrogen-bond acceptors (Lipinski definition) is 3. The zero-order chi connectivity index (χ0) is 9.42. The molecule has 0 unspecified atom stereocenters. The SMILES string of the molecule is Cc1cn2ccnc(C(=O)O)c2n1. The molecule has 5 nitrogen and oxygen atoms in total. The van der Waals surface area contributed by atoms with Crippen LogP contribution in [0.5, 0.6) is 0 Å². The van der Waals surface area contributed by atoms with Crippen LogP contribution in [0.2, 0.25) is 0 Å². The molecule has 0 amide bonds. The fraction of sp³-hybridized carbons (Fsp3) is 0.125. The summed E-state index contributed by atoms with van der Waals surface area (Å²) >= 11 is 0. The largest absolute Gasteiger partial charge is 0.476 e. The van der Waals surface area contributed by atoms with Crippen molar-refractivity contribution in [2.75, 3.05) is 0 Å². The van der Waals surface area contributed by atoms with Crippen molar-refractivity contribution in [1.29, 1.82) is 0 Å². The number of carbonyl (C=O) groups is 1. The van der Waals surface area contributed by atoms with Gasteiger partial charge < -0.3 is 9.51 Å². The predicted molar refractivity (Wildman–Crippen MR) is 44.7 cm³/mol. The quantitative estimate of drug-likeness (QED) is 0.697. The molecule has 2 heterocycles. The van der Waals surface area contributed by atoms with Gasteiger partial charge in [-0.2, -0.15) is 0 Å². The smallest absolute Gasteiger partial charge is 0.358 e. The van der Waals surface area contributed by atoms with Crippen molar-refractivity contribution in [3.63, 3.8) is 0 Å². The fourth-order valence-corrected chi connectivity index (χ4v) is 1.19. The molecular formula is C8H7N3O2. The van der Waals surface area contributed by atoms with Crippen molar-refractivity contribution < 1.29 is 9.90 Å². The van der Waals surface area contributed by atoms with Crippen LogP contribution in [-0.4, -0.2) is 25.4 Å². The van der Waals surface area contributed by atoms with E-state index in [0.717, 1.165) is 5.69 Å². The molecule has 0 aromatic carbocycles. The van der Waals surface area contributed by atoms with Crippen LogP contribution in [0.25, 0.3) is 5.65 Å². The van der Waals surface area contributed by atoms with Crippen LogP contribution < -0.4 is 0 Å². The Morgan fingerprint density at radius 3 is 3.08 bits per heavy atom. The lowest BCUT2D eigenvalue weighted by Gasteiger charge is -1.95. The van der Waals surface area contributed by atoms with Gasteiger partial charge in [-0.3, -0.25) is 0 Å². The zero-order valence-electron chi connectivity index (χ0n) is 6.93. The molecule has 0 aliphatic heterocycles. The second-order valence-electron chi connectivity index (χ2n) is 2.69. The highest BCUT2D eigenvalue weighted by Gasteiger charge is 2.11. The highest BCUT2D eigenvalue weighted by Crippen LogP contribution is 2.07. The number of carboxylic acids is 1. The molecule has 66 valence electrons. The molecule has 5 heteroatoms. The number of rotatable bonds is 1. The first-order valence-electron chi connectivity index (χ1n) is 3.72. The highest BCUT2D eigenvalue weighted by molar-refractivity contribution is 5.91. The van der Waals surface area contributed by atoms with Crippen LogP contribution in [-0.2, 0) is 0 Å². The van der Waals surface area contributed by atoms with E-state index in [1.807, 2.05) is 0 Å². The van der Waals surface area contributed by atoms with Gasteiger partial charge in [0, 0.05) is 18.6 Å². The standard InChI is InChI=1S/C8H7N3O2/c1-5-4-11-3-2-9-6(8(12)13)7(11)10-5/h2-4H,1H3,(H,12,13). The summed E-state index contributed by atoms with van der Waals surface area (Å²) in [5.74, 6) is -1.06. The molecular weight excluding hydrogens is 170 g/mol. The van der Waals surface area contributed by atoms with Crippen molar-refractivity contribution in [3.05, 3.63) is 30.0 Å². The van der Waals surface area contributed by atoms with Crippen molar-refractivity contribution in [1.82, 2.24) is 14.4 Å². The van der Waals surface area contributed by atoms with E-state index in [1.54, 1.807) is 23.7 Å². The molecule has 0 fully saturated rings.